The monoisotopic (exact) mass is 369 g/mol. The van der Waals surface area contributed by atoms with Crippen molar-refractivity contribution in [3.63, 3.8) is 0 Å². The largest absolute Gasteiger partial charge is 0.444 e. The van der Waals surface area contributed by atoms with Crippen molar-refractivity contribution in [2.45, 2.75) is 70.1 Å². The number of carbonyl (C=O) groups excluding carboxylic acids is 1. The van der Waals surface area contributed by atoms with E-state index in [-0.39, 0.29) is 17.0 Å². The van der Waals surface area contributed by atoms with Crippen molar-refractivity contribution in [1.82, 2.24) is 4.90 Å². The van der Waals surface area contributed by atoms with Gasteiger partial charge in [0.25, 0.3) is 10.1 Å². The molecule has 6 nitrogen and oxygen atoms in total. The molecule has 0 radical (unpaired) electrons. The van der Waals surface area contributed by atoms with Crippen LogP contribution in [-0.4, -0.2) is 43.7 Å². The lowest BCUT2D eigenvalue weighted by Crippen LogP contribution is -2.48. The number of carbonyl (C=O) groups is 1. The predicted octanol–water partition coefficient (Wildman–Crippen LogP) is 3.49. The minimum Gasteiger partial charge on any atom is -0.444 e. The molecule has 2 rings (SSSR count). The molecule has 0 N–H and O–H groups in total. The fourth-order valence-electron chi connectivity index (χ4n) is 2.75. The smallest absolute Gasteiger partial charge is 0.410 e. The van der Waals surface area contributed by atoms with Crippen LogP contribution in [0.2, 0.25) is 0 Å². The van der Waals surface area contributed by atoms with Gasteiger partial charge in [0, 0.05) is 12.6 Å². The number of rotatable bonds is 3. The van der Waals surface area contributed by atoms with Gasteiger partial charge >= 0.3 is 6.09 Å². The first-order chi connectivity index (χ1) is 11.5. The summed E-state index contributed by atoms with van der Waals surface area (Å²) in [6.07, 6.45) is 0.0822. The Bertz CT molecular complexity index is 706. The zero-order chi connectivity index (χ0) is 18.8. The Morgan fingerprint density at radius 1 is 1.20 bits per heavy atom. The second-order valence-electron chi connectivity index (χ2n) is 7.53. The van der Waals surface area contributed by atoms with Gasteiger partial charge in [-0.05, 0) is 59.6 Å². The third-order valence-corrected chi connectivity index (χ3v) is 5.40. The van der Waals surface area contributed by atoms with E-state index < -0.39 is 21.8 Å². The topological polar surface area (TPSA) is 72.9 Å². The molecule has 0 bridgehead atoms. The number of amides is 1. The molecule has 140 valence electrons. The summed E-state index contributed by atoms with van der Waals surface area (Å²) < 4.78 is 35.6. The van der Waals surface area contributed by atoms with Crippen LogP contribution in [0.25, 0.3) is 0 Å². The lowest BCUT2D eigenvalue weighted by Gasteiger charge is -2.37. The van der Waals surface area contributed by atoms with E-state index in [1.54, 1.807) is 29.2 Å². The van der Waals surface area contributed by atoms with Gasteiger partial charge in [0.1, 0.15) is 5.60 Å². The van der Waals surface area contributed by atoms with E-state index in [9.17, 15) is 13.2 Å². The van der Waals surface area contributed by atoms with Crippen LogP contribution < -0.4 is 0 Å². The molecule has 0 aliphatic carbocycles. The number of nitrogens with zero attached hydrogens (tertiary/aromatic N) is 1. The van der Waals surface area contributed by atoms with Gasteiger partial charge in [0.05, 0.1) is 11.0 Å². The first-order valence-electron chi connectivity index (χ1n) is 8.47. The van der Waals surface area contributed by atoms with E-state index in [0.717, 1.165) is 5.56 Å². The Morgan fingerprint density at radius 2 is 1.80 bits per heavy atom. The molecule has 1 unspecified atom stereocenters. The van der Waals surface area contributed by atoms with E-state index >= 15 is 0 Å². The number of aryl methyl sites for hydroxylation is 1. The number of hydrogen-bond acceptors (Lipinski definition) is 5. The molecule has 1 aliphatic rings. The fraction of sp³-hybridized carbons (Fsp3) is 0.611. The summed E-state index contributed by atoms with van der Waals surface area (Å²) in [7, 11) is -3.80. The number of likely N-dealkylation sites (tertiary alicyclic amines) is 1. The molecule has 1 saturated heterocycles. The van der Waals surface area contributed by atoms with Crippen molar-refractivity contribution in [1.29, 1.82) is 0 Å². The van der Waals surface area contributed by atoms with Crippen molar-refractivity contribution in [2.75, 3.05) is 6.54 Å². The number of piperidine rings is 1. The first kappa shape index (κ1) is 19.7. The summed E-state index contributed by atoms with van der Waals surface area (Å²) in [6.45, 7) is 9.63. The Labute approximate surface area is 150 Å². The zero-order valence-electron chi connectivity index (χ0n) is 15.5. The minimum atomic E-state index is -3.80. The van der Waals surface area contributed by atoms with Crippen molar-refractivity contribution in [2.24, 2.45) is 0 Å². The van der Waals surface area contributed by atoms with E-state index in [0.29, 0.717) is 19.4 Å². The molecule has 1 heterocycles. The van der Waals surface area contributed by atoms with Gasteiger partial charge in [-0.25, -0.2) is 4.79 Å². The molecule has 0 saturated carbocycles. The van der Waals surface area contributed by atoms with Gasteiger partial charge in [-0.2, -0.15) is 8.42 Å². The Balaban J connectivity index is 1.99. The third-order valence-electron chi connectivity index (χ3n) is 4.03. The van der Waals surface area contributed by atoms with E-state index in [2.05, 4.69) is 0 Å². The highest BCUT2D eigenvalue weighted by Crippen LogP contribution is 2.25. The molecule has 1 aromatic carbocycles. The van der Waals surface area contributed by atoms with Crippen molar-refractivity contribution < 1.29 is 22.1 Å². The van der Waals surface area contributed by atoms with Crippen molar-refractivity contribution in [3.8, 4) is 0 Å². The van der Waals surface area contributed by atoms with E-state index in [1.165, 1.54) is 0 Å². The molecular formula is C18H27NO5S. The molecule has 25 heavy (non-hydrogen) atoms. The van der Waals surface area contributed by atoms with Crippen LogP contribution in [0.5, 0.6) is 0 Å². The van der Waals surface area contributed by atoms with Gasteiger partial charge < -0.3 is 9.64 Å². The fourth-order valence-corrected chi connectivity index (χ4v) is 3.86. The lowest BCUT2D eigenvalue weighted by molar-refractivity contribution is -0.000142. The quantitative estimate of drug-likeness (QED) is 0.763. The SMILES string of the molecule is Cc1ccc(S(=O)(=O)OC2CCN(C(=O)OC(C)(C)C)[C@@H](C)C2)cc1. The van der Waals surface area contributed by atoms with Crippen molar-refractivity contribution >= 4 is 16.2 Å². The normalized spacial score (nSPS) is 21.9. The minimum absolute atomic E-state index is 0.151. The maximum atomic E-state index is 12.4. The van der Waals surface area contributed by atoms with Crippen LogP contribution in [-0.2, 0) is 19.0 Å². The van der Waals surface area contributed by atoms with Crippen molar-refractivity contribution in [3.05, 3.63) is 29.8 Å². The maximum absolute atomic E-state index is 12.4. The highest BCUT2D eigenvalue weighted by atomic mass is 32.2. The van der Waals surface area contributed by atoms with Gasteiger partial charge in [-0.1, -0.05) is 17.7 Å². The Morgan fingerprint density at radius 3 is 2.32 bits per heavy atom. The highest BCUT2D eigenvalue weighted by Gasteiger charge is 2.34. The second-order valence-corrected chi connectivity index (χ2v) is 9.10. The zero-order valence-corrected chi connectivity index (χ0v) is 16.3. The highest BCUT2D eigenvalue weighted by molar-refractivity contribution is 7.86. The number of ether oxygens (including phenoxy) is 1. The first-order valence-corrected chi connectivity index (χ1v) is 9.88. The van der Waals surface area contributed by atoms with Gasteiger partial charge in [0.15, 0.2) is 0 Å². The predicted molar refractivity (Wildman–Crippen MR) is 94.9 cm³/mol. The van der Waals surface area contributed by atoms with Gasteiger partial charge in [0.2, 0.25) is 0 Å². The van der Waals surface area contributed by atoms with E-state index in [4.69, 9.17) is 8.92 Å². The molecule has 1 fully saturated rings. The summed E-state index contributed by atoms with van der Waals surface area (Å²) in [5.41, 5.74) is 0.428. The van der Waals surface area contributed by atoms with Crippen LogP contribution in [0.1, 0.15) is 46.1 Å². The summed E-state index contributed by atoms with van der Waals surface area (Å²) in [4.78, 5) is 14.0. The summed E-state index contributed by atoms with van der Waals surface area (Å²) in [5, 5.41) is 0. The lowest BCUT2D eigenvalue weighted by atomic mass is 10.0. The van der Waals surface area contributed by atoms with E-state index in [1.807, 2.05) is 34.6 Å². The molecule has 0 aromatic heterocycles. The van der Waals surface area contributed by atoms with Crippen LogP contribution in [0.3, 0.4) is 0 Å². The molecule has 2 atom stereocenters. The standard InChI is InChI=1S/C18H27NO5S/c1-13-6-8-16(9-7-13)25(21,22)24-15-10-11-19(14(2)12-15)17(20)23-18(3,4)5/h6-9,14-15H,10-12H2,1-5H3/t14-,15?/m0/s1. The second kappa shape index (κ2) is 7.33. The molecule has 7 heteroatoms. The molecular weight excluding hydrogens is 342 g/mol. The molecule has 1 aromatic rings. The van der Waals surface area contributed by atoms with Crippen LogP contribution >= 0.6 is 0 Å². The van der Waals surface area contributed by atoms with Crippen LogP contribution in [0.15, 0.2) is 29.2 Å². The molecule has 1 amide bonds. The molecule has 0 spiro atoms. The average molecular weight is 369 g/mol. The average Bonchev–Trinajstić information content (AvgIpc) is 2.45. The van der Waals surface area contributed by atoms with Gasteiger partial charge in [-0.3, -0.25) is 4.18 Å². The maximum Gasteiger partial charge on any atom is 0.410 e. The summed E-state index contributed by atoms with van der Waals surface area (Å²) >= 11 is 0. The van der Waals surface area contributed by atoms with Crippen LogP contribution in [0, 0.1) is 6.92 Å². The number of hydrogen-bond donors (Lipinski definition) is 0. The number of benzene rings is 1. The molecule has 1 aliphatic heterocycles. The summed E-state index contributed by atoms with van der Waals surface area (Å²) in [5.74, 6) is 0. The van der Waals surface area contributed by atoms with Crippen LogP contribution in [0.4, 0.5) is 4.79 Å². The Kier molecular flexibility index (Phi) is 5.79. The summed E-state index contributed by atoms with van der Waals surface area (Å²) in [6, 6.07) is 6.42. The third kappa shape index (κ3) is 5.44. The van der Waals surface area contributed by atoms with Gasteiger partial charge in [-0.15, -0.1) is 0 Å². The Hall–Kier alpha value is -1.60.